The van der Waals surface area contributed by atoms with E-state index in [1.165, 1.54) is 6.26 Å². The summed E-state index contributed by atoms with van der Waals surface area (Å²) in [5.74, 6) is -2.04. The number of hydrogen-bond donors (Lipinski definition) is 0. The van der Waals surface area contributed by atoms with Crippen molar-refractivity contribution < 1.29 is 18.8 Å². The SMILES string of the molecule is Cc1ccoc1C(=O)C1C(=O)CCCC1=O. The molecular weight excluding hydrogens is 208 g/mol. The van der Waals surface area contributed by atoms with E-state index in [-0.39, 0.29) is 17.3 Å². The molecule has 0 saturated heterocycles. The van der Waals surface area contributed by atoms with Gasteiger partial charge in [-0.25, -0.2) is 0 Å². The van der Waals surface area contributed by atoms with Crippen LogP contribution in [0.3, 0.4) is 0 Å². The van der Waals surface area contributed by atoms with Gasteiger partial charge in [0, 0.05) is 12.8 Å². The Balaban J connectivity index is 2.30. The summed E-state index contributed by atoms with van der Waals surface area (Å²) in [6.07, 6.45) is 2.56. The molecule has 4 heteroatoms. The van der Waals surface area contributed by atoms with Crippen LogP contribution in [0.15, 0.2) is 16.7 Å². The van der Waals surface area contributed by atoms with Crippen LogP contribution in [0.2, 0.25) is 0 Å². The van der Waals surface area contributed by atoms with Gasteiger partial charge in [0.05, 0.1) is 6.26 Å². The molecule has 1 saturated carbocycles. The van der Waals surface area contributed by atoms with Crippen LogP contribution in [0.1, 0.15) is 35.4 Å². The highest BCUT2D eigenvalue weighted by atomic mass is 16.3. The number of aryl methyl sites for hydroxylation is 1. The first-order valence-electron chi connectivity index (χ1n) is 5.25. The molecule has 1 aromatic heterocycles. The van der Waals surface area contributed by atoms with Crippen molar-refractivity contribution in [3.63, 3.8) is 0 Å². The molecule has 0 spiro atoms. The average molecular weight is 220 g/mol. The Kier molecular flexibility index (Phi) is 2.73. The van der Waals surface area contributed by atoms with Gasteiger partial charge in [0.25, 0.3) is 0 Å². The predicted octanol–water partition coefficient (Wildman–Crippen LogP) is 1.71. The third kappa shape index (κ3) is 1.71. The van der Waals surface area contributed by atoms with Gasteiger partial charge in [0.2, 0.25) is 5.78 Å². The molecular formula is C12H12O4. The second-order valence-electron chi connectivity index (χ2n) is 4.02. The highest BCUT2D eigenvalue weighted by Gasteiger charge is 2.38. The zero-order valence-corrected chi connectivity index (χ0v) is 8.99. The third-order valence-electron chi connectivity index (χ3n) is 2.84. The normalized spacial score (nSPS) is 17.8. The van der Waals surface area contributed by atoms with Crippen LogP contribution in [0.25, 0.3) is 0 Å². The lowest BCUT2D eigenvalue weighted by Gasteiger charge is -2.17. The number of hydrogen-bond acceptors (Lipinski definition) is 4. The lowest BCUT2D eigenvalue weighted by Crippen LogP contribution is -2.35. The molecule has 2 rings (SSSR count). The van der Waals surface area contributed by atoms with Crippen molar-refractivity contribution in [2.24, 2.45) is 5.92 Å². The van der Waals surface area contributed by atoms with Crippen LogP contribution >= 0.6 is 0 Å². The average Bonchev–Trinajstić information content (AvgIpc) is 2.64. The monoisotopic (exact) mass is 220 g/mol. The highest BCUT2D eigenvalue weighted by Crippen LogP contribution is 2.23. The van der Waals surface area contributed by atoms with Crippen LogP contribution in [-0.2, 0) is 9.59 Å². The summed E-state index contributed by atoms with van der Waals surface area (Å²) < 4.78 is 5.02. The van der Waals surface area contributed by atoms with Gasteiger partial charge in [-0.15, -0.1) is 0 Å². The number of furan rings is 1. The molecule has 84 valence electrons. The minimum atomic E-state index is -1.13. The first kappa shape index (κ1) is 10.8. The van der Waals surface area contributed by atoms with Crippen LogP contribution in [0.5, 0.6) is 0 Å². The predicted molar refractivity (Wildman–Crippen MR) is 55.1 cm³/mol. The fraction of sp³-hybridized carbons (Fsp3) is 0.417. The molecule has 0 aromatic carbocycles. The fourth-order valence-electron chi connectivity index (χ4n) is 1.95. The third-order valence-corrected chi connectivity index (χ3v) is 2.84. The number of carbonyl (C=O) groups is 3. The Bertz CT molecular complexity index is 439. The zero-order valence-electron chi connectivity index (χ0n) is 8.99. The molecule has 1 aromatic rings. The smallest absolute Gasteiger partial charge is 0.216 e. The lowest BCUT2D eigenvalue weighted by molar-refractivity contribution is -0.133. The van der Waals surface area contributed by atoms with Gasteiger partial charge in [0.1, 0.15) is 5.92 Å². The van der Waals surface area contributed by atoms with Crippen LogP contribution < -0.4 is 0 Å². The van der Waals surface area contributed by atoms with E-state index in [2.05, 4.69) is 0 Å². The van der Waals surface area contributed by atoms with Crippen LogP contribution in [0.4, 0.5) is 0 Å². The fourth-order valence-corrected chi connectivity index (χ4v) is 1.95. The Labute approximate surface area is 92.6 Å². The van der Waals surface area contributed by atoms with Gasteiger partial charge < -0.3 is 4.42 Å². The minimum absolute atomic E-state index is 0.133. The van der Waals surface area contributed by atoms with E-state index in [4.69, 9.17) is 4.42 Å². The molecule has 1 aliphatic carbocycles. The highest BCUT2D eigenvalue weighted by molar-refractivity contribution is 6.24. The van der Waals surface area contributed by atoms with Gasteiger partial charge >= 0.3 is 0 Å². The number of Topliss-reactive ketones (excluding diaryl/α,β-unsaturated/α-hetero) is 3. The molecule has 1 fully saturated rings. The van der Waals surface area contributed by atoms with E-state index < -0.39 is 11.7 Å². The van der Waals surface area contributed by atoms with E-state index >= 15 is 0 Å². The van der Waals surface area contributed by atoms with E-state index in [0.29, 0.717) is 24.8 Å². The van der Waals surface area contributed by atoms with Gasteiger partial charge in [-0.1, -0.05) is 0 Å². The van der Waals surface area contributed by atoms with E-state index in [1.54, 1.807) is 13.0 Å². The van der Waals surface area contributed by atoms with E-state index in [0.717, 1.165) is 0 Å². The Morgan fingerprint density at radius 2 is 1.94 bits per heavy atom. The van der Waals surface area contributed by atoms with Crippen molar-refractivity contribution in [2.75, 3.05) is 0 Å². The summed E-state index contributed by atoms with van der Waals surface area (Å²) in [4.78, 5) is 35.1. The summed E-state index contributed by atoms with van der Waals surface area (Å²) in [7, 11) is 0. The maximum absolute atomic E-state index is 12.0. The van der Waals surface area contributed by atoms with Gasteiger partial charge in [-0.05, 0) is 25.0 Å². The molecule has 1 heterocycles. The van der Waals surface area contributed by atoms with Gasteiger partial charge in [0.15, 0.2) is 17.3 Å². The number of rotatable bonds is 2. The largest absolute Gasteiger partial charge is 0.461 e. The molecule has 1 aliphatic rings. The van der Waals surface area contributed by atoms with Crippen molar-refractivity contribution in [1.29, 1.82) is 0 Å². The number of carbonyl (C=O) groups excluding carboxylic acids is 3. The maximum atomic E-state index is 12.0. The van der Waals surface area contributed by atoms with Gasteiger partial charge in [-0.2, -0.15) is 0 Å². The molecule has 0 unspecified atom stereocenters. The van der Waals surface area contributed by atoms with Crippen molar-refractivity contribution >= 4 is 17.3 Å². The first-order chi connectivity index (χ1) is 7.61. The lowest BCUT2D eigenvalue weighted by atomic mass is 9.82. The molecule has 0 N–H and O–H groups in total. The molecule has 0 atom stereocenters. The molecule has 0 amide bonds. The summed E-state index contributed by atoms with van der Waals surface area (Å²) >= 11 is 0. The Hall–Kier alpha value is -1.71. The van der Waals surface area contributed by atoms with E-state index in [9.17, 15) is 14.4 Å². The van der Waals surface area contributed by atoms with Gasteiger partial charge in [-0.3, -0.25) is 14.4 Å². The zero-order chi connectivity index (χ0) is 11.7. The second kappa shape index (κ2) is 4.04. The van der Waals surface area contributed by atoms with Crippen molar-refractivity contribution in [3.05, 3.63) is 23.7 Å². The molecule has 0 radical (unpaired) electrons. The van der Waals surface area contributed by atoms with Crippen molar-refractivity contribution in [1.82, 2.24) is 0 Å². The van der Waals surface area contributed by atoms with Crippen molar-refractivity contribution in [2.45, 2.75) is 26.2 Å². The maximum Gasteiger partial charge on any atom is 0.216 e. The topological polar surface area (TPSA) is 64.3 Å². The summed E-state index contributed by atoms with van der Waals surface area (Å²) in [6, 6.07) is 1.64. The van der Waals surface area contributed by atoms with E-state index in [1.807, 2.05) is 0 Å². The molecule has 16 heavy (non-hydrogen) atoms. The summed E-state index contributed by atoms with van der Waals surface area (Å²) in [5, 5.41) is 0. The molecule has 4 nitrogen and oxygen atoms in total. The molecule has 0 bridgehead atoms. The van der Waals surface area contributed by atoms with Crippen LogP contribution in [-0.4, -0.2) is 17.3 Å². The standard InChI is InChI=1S/C12H12O4/c1-7-5-6-16-12(7)11(15)10-8(13)3-2-4-9(10)14/h5-6,10H,2-4H2,1H3. The summed E-state index contributed by atoms with van der Waals surface area (Å²) in [5.41, 5.74) is 0.663. The van der Waals surface area contributed by atoms with Crippen molar-refractivity contribution in [3.8, 4) is 0 Å². The minimum Gasteiger partial charge on any atom is -0.461 e. The number of ketones is 3. The first-order valence-corrected chi connectivity index (χ1v) is 5.25. The summed E-state index contributed by atoms with van der Waals surface area (Å²) in [6.45, 7) is 1.72. The Morgan fingerprint density at radius 1 is 1.31 bits per heavy atom. The Morgan fingerprint density at radius 3 is 2.44 bits per heavy atom. The quantitative estimate of drug-likeness (QED) is 0.562. The molecule has 0 aliphatic heterocycles. The van der Waals surface area contributed by atoms with Crippen LogP contribution in [0, 0.1) is 12.8 Å². The second-order valence-corrected chi connectivity index (χ2v) is 4.02.